The Hall–Kier alpha value is -2.68. The molecule has 10 heteroatoms. The number of benzene rings is 1. The fourth-order valence-corrected chi connectivity index (χ4v) is 1.63. The minimum atomic E-state index is -0.586. The average Bonchev–Trinajstić information content (AvgIpc) is 2.46. The molecule has 0 saturated carbocycles. The molecule has 0 spiro atoms. The van der Waals surface area contributed by atoms with E-state index in [9.17, 15) is 10.1 Å². The van der Waals surface area contributed by atoms with Gasteiger partial charge in [-0.1, -0.05) is 11.6 Å². The van der Waals surface area contributed by atoms with Gasteiger partial charge in [-0.05, 0) is 6.07 Å². The van der Waals surface area contributed by atoms with E-state index in [2.05, 4.69) is 20.3 Å². The fraction of sp³-hybridized carbons (Fsp3) is 0.182. The second-order valence-corrected chi connectivity index (χ2v) is 4.06. The van der Waals surface area contributed by atoms with Gasteiger partial charge in [0.05, 0.1) is 12.0 Å². The first-order valence-electron chi connectivity index (χ1n) is 5.63. The van der Waals surface area contributed by atoms with E-state index in [0.29, 0.717) is 0 Å². The quantitative estimate of drug-likeness (QED) is 0.661. The van der Waals surface area contributed by atoms with Gasteiger partial charge in [0.25, 0.3) is 5.69 Å². The topological polar surface area (TPSA) is 112 Å². The lowest BCUT2D eigenvalue weighted by Crippen LogP contribution is -2.03. The maximum absolute atomic E-state index is 10.7. The molecule has 2 rings (SSSR count). The van der Waals surface area contributed by atoms with Gasteiger partial charge >= 0.3 is 12.0 Å². The van der Waals surface area contributed by atoms with Crippen molar-refractivity contribution in [3.63, 3.8) is 0 Å². The predicted octanol–water partition coefficient (Wildman–Crippen LogP) is 2.28. The van der Waals surface area contributed by atoms with Gasteiger partial charge in [0.15, 0.2) is 0 Å². The van der Waals surface area contributed by atoms with Gasteiger partial charge in [-0.25, -0.2) is 0 Å². The van der Waals surface area contributed by atoms with Crippen LogP contribution in [0.15, 0.2) is 18.2 Å². The van der Waals surface area contributed by atoms with Crippen LogP contribution in [0.3, 0.4) is 0 Å². The molecule has 1 N–H and O–H groups in total. The molecule has 0 aliphatic rings. The number of hydrogen-bond acceptors (Lipinski definition) is 8. The first-order valence-corrected chi connectivity index (χ1v) is 6.01. The van der Waals surface area contributed by atoms with Crippen molar-refractivity contribution in [2.45, 2.75) is 0 Å². The van der Waals surface area contributed by atoms with Crippen molar-refractivity contribution in [3.05, 3.63) is 33.3 Å². The van der Waals surface area contributed by atoms with E-state index >= 15 is 0 Å². The highest BCUT2D eigenvalue weighted by Gasteiger charge is 2.14. The normalized spacial score (nSPS) is 10.0. The summed E-state index contributed by atoms with van der Waals surface area (Å²) in [4.78, 5) is 21.9. The van der Waals surface area contributed by atoms with Crippen molar-refractivity contribution in [3.8, 4) is 17.8 Å². The van der Waals surface area contributed by atoms with E-state index in [1.165, 1.54) is 25.3 Å². The molecule has 0 fully saturated rings. The summed E-state index contributed by atoms with van der Waals surface area (Å²) in [6.45, 7) is 0. The highest BCUT2D eigenvalue weighted by Crippen LogP contribution is 2.30. The molecule has 1 aromatic heterocycles. The Morgan fingerprint density at radius 3 is 2.57 bits per heavy atom. The van der Waals surface area contributed by atoms with Crippen LogP contribution in [-0.2, 0) is 0 Å². The summed E-state index contributed by atoms with van der Waals surface area (Å²) in [5, 5.41) is 13.4. The highest BCUT2D eigenvalue weighted by molar-refractivity contribution is 6.32. The minimum Gasteiger partial charge on any atom is -0.467 e. The van der Waals surface area contributed by atoms with Crippen molar-refractivity contribution in [1.82, 2.24) is 15.0 Å². The van der Waals surface area contributed by atoms with Gasteiger partial charge in [0.2, 0.25) is 5.95 Å². The summed E-state index contributed by atoms with van der Waals surface area (Å²) in [5.41, 5.74) is -0.215. The molecule has 110 valence electrons. The molecule has 1 aromatic carbocycles. The molecule has 0 bridgehead atoms. The van der Waals surface area contributed by atoms with Gasteiger partial charge in [-0.2, -0.15) is 9.97 Å². The SMILES string of the molecule is CNc1nc(OC)nc(Oc2ccc([N+](=O)[O-])c(Cl)c2)n1. The van der Waals surface area contributed by atoms with Crippen LogP contribution in [0.1, 0.15) is 0 Å². The summed E-state index contributed by atoms with van der Waals surface area (Å²) >= 11 is 5.80. The van der Waals surface area contributed by atoms with Gasteiger partial charge in [0, 0.05) is 19.2 Å². The molecule has 21 heavy (non-hydrogen) atoms. The van der Waals surface area contributed by atoms with Gasteiger partial charge in [0.1, 0.15) is 10.8 Å². The third-order valence-corrected chi connectivity index (χ3v) is 2.63. The fourth-order valence-electron chi connectivity index (χ4n) is 1.39. The summed E-state index contributed by atoms with van der Waals surface area (Å²) < 4.78 is 10.3. The first kappa shape index (κ1) is 14.7. The van der Waals surface area contributed by atoms with E-state index in [-0.39, 0.29) is 34.4 Å². The maximum Gasteiger partial charge on any atom is 0.330 e. The van der Waals surface area contributed by atoms with Crippen molar-refractivity contribution < 1.29 is 14.4 Å². The molecule has 0 saturated heterocycles. The zero-order valence-corrected chi connectivity index (χ0v) is 11.8. The second-order valence-electron chi connectivity index (χ2n) is 3.65. The average molecular weight is 312 g/mol. The third kappa shape index (κ3) is 3.45. The Balaban J connectivity index is 2.29. The maximum atomic E-state index is 10.7. The molecular formula is C11H10ClN5O4. The first-order chi connectivity index (χ1) is 10.0. The lowest BCUT2D eigenvalue weighted by molar-refractivity contribution is -0.384. The number of nitro benzene ring substituents is 1. The molecule has 0 radical (unpaired) electrons. The molecule has 0 amide bonds. The van der Waals surface area contributed by atoms with Crippen molar-refractivity contribution >= 4 is 23.2 Å². The van der Waals surface area contributed by atoms with Crippen LogP contribution in [0.25, 0.3) is 0 Å². The Kier molecular flexibility index (Phi) is 4.33. The number of methoxy groups -OCH3 is 1. The monoisotopic (exact) mass is 311 g/mol. The smallest absolute Gasteiger partial charge is 0.330 e. The Morgan fingerprint density at radius 1 is 1.29 bits per heavy atom. The van der Waals surface area contributed by atoms with Crippen molar-refractivity contribution in [2.24, 2.45) is 0 Å². The van der Waals surface area contributed by atoms with E-state index in [4.69, 9.17) is 21.1 Å². The molecule has 9 nitrogen and oxygen atoms in total. The number of nitrogens with zero attached hydrogens (tertiary/aromatic N) is 4. The lowest BCUT2D eigenvalue weighted by Gasteiger charge is -2.07. The number of anilines is 1. The van der Waals surface area contributed by atoms with Crippen LogP contribution in [0.2, 0.25) is 5.02 Å². The Morgan fingerprint density at radius 2 is 2.00 bits per heavy atom. The summed E-state index contributed by atoms with van der Waals surface area (Å²) in [5.74, 6) is 0.505. The third-order valence-electron chi connectivity index (χ3n) is 2.33. The Bertz CT molecular complexity index is 659. The standard InChI is InChI=1S/C11H10ClN5O4/c1-13-9-14-10(20-2)16-11(15-9)21-6-3-4-8(17(18)19)7(12)5-6/h3-5H,1-2H3,(H,13,14,15,16). The molecule has 0 unspecified atom stereocenters. The number of ether oxygens (including phenoxy) is 2. The van der Waals surface area contributed by atoms with E-state index in [1.807, 2.05) is 0 Å². The predicted molar refractivity (Wildman–Crippen MR) is 74.1 cm³/mol. The summed E-state index contributed by atoms with van der Waals surface area (Å²) in [6.07, 6.45) is 0. The molecule has 0 aliphatic heterocycles. The number of halogens is 1. The van der Waals surface area contributed by atoms with Crippen LogP contribution in [-0.4, -0.2) is 34.0 Å². The van der Waals surface area contributed by atoms with E-state index in [1.54, 1.807) is 7.05 Å². The number of aromatic nitrogens is 3. The zero-order valence-electron chi connectivity index (χ0n) is 11.0. The van der Waals surface area contributed by atoms with E-state index in [0.717, 1.165) is 0 Å². The summed E-state index contributed by atoms with van der Waals surface area (Å²) in [7, 11) is 3.03. The number of rotatable bonds is 5. The van der Waals surface area contributed by atoms with Crippen LogP contribution >= 0.6 is 11.6 Å². The minimum absolute atomic E-state index is 0.0314. The van der Waals surface area contributed by atoms with Crippen LogP contribution in [0, 0.1) is 10.1 Å². The molecule has 0 aliphatic carbocycles. The van der Waals surface area contributed by atoms with Crippen LogP contribution in [0.5, 0.6) is 17.8 Å². The van der Waals surface area contributed by atoms with Gasteiger partial charge < -0.3 is 14.8 Å². The van der Waals surface area contributed by atoms with Crippen LogP contribution < -0.4 is 14.8 Å². The Labute approximate surface area is 124 Å². The molecule has 1 heterocycles. The number of nitrogens with one attached hydrogen (secondary N) is 1. The zero-order chi connectivity index (χ0) is 15.4. The van der Waals surface area contributed by atoms with Gasteiger partial charge in [-0.3, -0.25) is 10.1 Å². The number of hydrogen-bond donors (Lipinski definition) is 1. The number of nitro groups is 1. The van der Waals surface area contributed by atoms with Gasteiger partial charge in [-0.15, -0.1) is 4.98 Å². The van der Waals surface area contributed by atoms with E-state index < -0.39 is 4.92 Å². The highest BCUT2D eigenvalue weighted by atomic mass is 35.5. The second kappa shape index (κ2) is 6.18. The molecular weight excluding hydrogens is 302 g/mol. The lowest BCUT2D eigenvalue weighted by atomic mass is 10.3. The van der Waals surface area contributed by atoms with Crippen LogP contribution in [0.4, 0.5) is 11.6 Å². The largest absolute Gasteiger partial charge is 0.467 e. The summed E-state index contributed by atoms with van der Waals surface area (Å²) in [6, 6.07) is 3.96. The van der Waals surface area contributed by atoms with Crippen molar-refractivity contribution in [2.75, 3.05) is 19.5 Å². The van der Waals surface area contributed by atoms with Crippen molar-refractivity contribution in [1.29, 1.82) is 0 Å². The molecule has 2 aromatic rings. The molecule has 0 atom stereocenters.